The number of phosphoric ester groups is 1. The van der Waals surface area contributed by atoms with Crippen molar-refractivity contribution >= 4 is 30.8 Å². The van der Waals surface area contributed by atoms with Crippen molar-refractivity contribution in [3.8, 4) is 11.5 Å². The number of aryl methyl sites for hydroxylation is 6. The Balaban J connectivity index is 1.37. The lowest BCUT2D eigenvalue weighted by molar-refractivity contribution is 0.0974. The van der Waals surface area contributed by atoms with Crippen LogP contribution < -0.4 is 18.8 Å². The van der Waals surface area contributed by atoms with Crippen molar-refractivity contribution in [1.82, 2.24) is 0 Å². The largest absolute Gasteiger partial charge is 0.584 e. The van der Waals surface area contributed by atoms with Gasteiger partial charge in [0.1, 0.15) is 11.5 Å². The molecule has 0 aliphatic rings. The number of anilines is 2. The maximum Gasteiger partial charge on any atom is 0.584 e. The van der Waals surface area contributed by atoms with Crippen molar-refractivity contribution < 1.29 is 28.1 Å². The number of benzene rings is 4. The predicted octanol–water partition coefficient (Wildman–Crippen LogP) is 9.80. The topological polar surface area (TPSA) is 96.4 Å². The molecule has 0 spiro atoms. The first-order valence-corrected chi connectivity index (χ1v) is 19.5. The summed E-state index contributed by atoms with van der Waals surface area (Å²) >= 11 is 0. The lowest BCUT2D eigenvalue weighted by Crippen LogP contribution is -2.21. The van der Waals surface area contributed by atoms with Crippen LogP contribution in [0.2, 0.25) is 0 Å². The third-order valence-corrected chi connectivity index (χ3v) is 10.2. The van der Waals surface area contributed by atoms with Crippen LogP contribution in [0.5, 0.6) is 11.5 Å². The van der Waals surface area contributed by atoms with Crippen LogP contribution in [0.25, 0.3) is 0 Å². The molecule has 8 nitrogen and oxygen atoms in total. The third-order valence-electron chi connectivity index (χ3n) is 9.39. The molecule has 0 unspecified atom stereocenters. The SMILES string of the molecule is CCN(CC)c1ccc(CCC(=O)c2cc(C)c(OP(=O)(O)Oc3c(C)cc(C(=O)CCc4ccc(N(CC)CC)cc4)cc3C)c(C)c2)cc1. The lowest BCUT2D eigenvalue weighted by Gasteiger charge is -2.21. The summed E-state index contributed by atoms with van der Waals surface area (Å²) in [7, 11) is -4.64. The molecule has 4 rings (SSSR count). The van der Waals surface area contributed by atoms with E-state index in [1.165, 1.54) is 11.4 Å². The normalized spacial score (nSPS) is 11.3. The van der Waals surface area contributed by atoms with E-state index in [-0.39, 0.29) is 23.1 Å². The molecule has 0 heterocycles. The number of hydrogen-bond acceptors (Lipinski definition) is 7. The van der Waals surface area contributed by atoms with Crippen LogP contribution in [0.1, 0.15) is 94.6 Å². The second-order valence-corrected chi connectivity index (χ2v) is 14.4. The molecule has 0 aliphatic carbocycles. The number of hydrogen-bond donors (Lipinski definition) is 1. The smallest absolute Gasteiger partial charge is 0.395 e. The summed E-state index contributed by atoms with van der Waals surface area (Å²) in [5, 5.41) is 0. The minimum Gasteiger partial charge on any atom is -0.395 e. The fourth-order valence-corrected chi connectivity index (χ4v) is 7.56. The zero-order chi connectivity index (χ0) is 37.3. The van der Waals surface area contributed by atoms with Gasteiger partial charge in [0.2, 0.25) is 0 Å². The third kappa shape index (κ3) is 10.3. The maximum atomic E-state index is 13.3. The van der Waals surface area contributed by atoms with Crippen LogP contribution in [-0.4, -0.2) is 42.6 Å². The molecule has 4 aromatic rings. The van der Waals surface area contributed by atoms with E-state index < -0.39 is 7.82 Å². The van der Waals surface area contributed by atoms with E-state index in [4.69, 9.17) is 9.05 Å². The summed E-state index contributed by atoms with van der Waals surface area (Å²) in [5.74, 6) is 0.351. The summed E-state index contributed by atoms with van der Waals surface area (Å²) < 4.78 is 24.5. The van der Waals surface area contributed by atoms with Crippen molar-refractivity contribution in [2.45, 2.75) is 81.1 Å². The van der Waals surface area contributed by atoms with E-state index in [1.807, 2.05) is 0 Å². The minimum atomic E-state index is -4.64. The minimum absolute atomic E-state index is 0.0157. The average molecular weight is 713 g/mol. The molecule has 0 aliphatic heterocycles. The van der Waals surface area contributed by atoms with Gasteiger partial charge < -0.3 is 18.8 Å². The Morgan fingerprint density at radius 1 is 0.569 bits per heavy atom. The number of carbonyl (C=O) groups is 2. The highest BCUT2D eigenvalue weighted by Gasteiger charge is 2.29. The van der Waals surface area contributed by atoms with Gasteiger partial charge in [-0.3, -0.25) is 14.5 Å². The molecule has 4 aromatic carbocycles. The van der Waals surface area contributed by atoms with Crippen LogP contribution in [0.4, 0.5) is 11.4 Å². The van der Waals surface area contributed by atoms with Gasteiger partial charge in [-0.05, 0) is 150 Å². The molecular formula is C42H53N2O6P. The van der Waals surface area contributed by atoms with Gasteiger partial charge in [-0.15, -0.1) is 0 Å². The first-order valence-electron chi connectivity index (χ1n) is 18.0. The molecule has 272 valence electrons. The number of Topliss-reactive ketones (excluding diaryl/α,β-unsaturated/α-hetero) is 2. The average Bonchev–Trinajstić information content (AvgIpc) is 3.11. The van der Waals surface area contributed by atoms with Crippen molar-refractivity contribution in [2.24, 2.45) is 0 Å². The van der Waals surface area contributed by atoms with Gasteiger partial charge in [0, 0.05) is 61.5 Å². The molecule has 9 heteroatoms. The maximum absolute atomic E-state index is 13.3. The Kier molecular flexibility index (Phi) is 13.7. The fourth-order valence-electron chi connectivity index (χ4n) is 6.49. The Bertz CT molecular complexity index is 1680. The summed E-state index contributed by atoms with van der Waals surface area (Å²) in [6.07, 6.45) is 1.90. The van der Waals surface area contributed by atoms with Gasteiger partial charge in [0.15, 0.2) is 11.6 Å². The predicted molar refractivity (Wildman–Crippen MR) is 208 cm³/mol. The second-order valence-electron chi connectivity index (χ2n) is 13.1. The van der Waals surface area contributed by atoms with Crippen molar-refractivity contribution in [1.29, 1.82) is 0 Å². The molecule has 0 atom stereocenters. The van der Waals surface area contributed by atoms with Gasteiger partial charge >= 0.3 is 7.82 Å². The Morgan fingerprint density at radius 3 is 1.14 bits per heavy atom. The number of nitrogens with zero attached hydrogens (tertiary/aromatic N) is 2. The first-order chi connectivity index (χ1) is 24.3. The van der Waals surface area contributed by atoms with Gasteiger partial charge in [-0.25, -0.2) is 4.57 Å². The molecule has 0 amide bonds. The zero-order valence-corrected chi connectivity index (χ0v) is 32.3. The summed E-state index contributed by atoms with van der Waals surface area (Å²) in [6.45, 7) is 19.2. The summed E-state index contributed by atoms with van der Waals surface area (Å²) in [4.78, 5) is 41.7. The molecule has 0 radical (unpaired) electrons. The van der Waals surface area contributed by atoms with E-state index in [2.05, 4.69) is 86.0 Å². The Hall–Kier alpha value is -4.39. The van der Waals surface area contributed by atoms with Gasteiger partial charge in [-0.2, -0.15) is 0 Å². The van der Waals surface area contributed by atoms with Gasteiger partial charge in [0.05, 0.1) is 0 Å². The quantitative estimate of drug-likeness (QED) is 0.0805. The molecule has 0 bridgehead atoms. The molecule has 0 saturated carbocycles. The molecule has 51 heavy (non-hydrogen) atoms. The number of phosphoric acid groups is 1. The number of ketones is 2. The number of rotatable bonds is 18. The van der Waals surface area contributed by atoms with Gasteiger partial charge in [-0.1, -0.05) is 24.3 Å². The molecule has 0 aromatic heterocycles. The molecule has 1 N–H and O–H groups in total. The van der Waals surface area contributed by atoms with E-state index in [0.29, 0.717) is 59.1 Å². The van der Waals surface area contributed by atoms with Crippen molar-refractivity contribution in [2.75, 3.05) is 36.0 Å². The van der Waals surface area contributed by atoms with Gasteiger partial charge in [0.25, 0.3) is 0 Å². The van der Waals surface area contributed by atoms with Crippen LogP contribution in [0.15, 0.2) is 72.8 Å². The van der Waals surface area contributed by atoms with E-state index in [9.17, 15) is 19.0 Å². The Morgan fingerprint density at radius 2 is 0.863 bits per heavy atom. The van der Waals surface area contributed by atoms with Crippen molar-refractivity contribution in [3.05, 3.63) is 117 Å². The molecular weight excluding hydrogens is 659 g/mol. The van der Waals surface area contributed by atoms with Crippen LogP contribution in [0, 0.1) is 27.7 Å². The van der Waals surface area contributed by atoms with Crippen molar-refractivity contribution in [3.63, 3.8) is 0 Å². The van der Waals surface area contributed by atoms with Crippen LogP contribution in [0.3, 0.4) is 0 Å². The van der Waals surface area contributed by atoms with Crippen LogP contribution >= 0.6 is 7.82 Å². The lowest BCUT2D eigenvalue weighted by atomic mass is 9.98. The monoisotopic (exact) mass is 712 g/mol. The van der Waals surface area contributed by atoms with Crippen LogP contribution in [-0.2, 0) is 17.4 Å². The van der Waals surface area contributed by atoms with E-state index in [1.54, 1.807) is 52.0 Å². The summed E-state index contributed by atoms with van der Waals surface area (Å²) in [5.41, 5.74) is 7.76. The molecule has 0 saturated heterocycles. The standard InChI is InChI=1S/C42H53N2O6P/c1-9-43(10-2)37-19-13-33(14-20-37)17-23-39(45)35-25-29(5)41(30(6)26-35)49-51(47,48)50-42-31(7)27-36(28-32(42)8)40(46)24-18-34-15-21-38(22-16-34)44(11-3)12-4/h13-16,19-22,25-28H,9-12,17-18,23-24H2,1-8H3,(H,47,48). The second kappa shape index (κ2) is 17.7. The highest BCUT2D eigenvalue weighted by molar-refractivity contribution is 7.48. The number of carbonyl (C=O) groups excluding carboxylic acids is 2. The zero-order valence-electron chi connectivity index (χ0n) is 31.4. The first kappa shape index (κ1) is 39.4. The summed E-state index contributed by atoms with van der Waals surface area (Å²) in [6, 6.07) is 23.4. The van der Waals surface area contributed by atoms with E-state index in [0.717, 1.165) is 37.3 Å². The highest BCUT2D eigenvalue weighted by Crippen LogP contribution is 2.48. The van der Waals surface area contributed by atoms with E-state index >= 15 is 0 Å². The molecule has 0 fully saturated rings. The highest BCUT2D eigenvalue weighted by atomic mass is 31.2. The fraction of sp³-hybridized carbons (Fsp3) is 0.381. The Labute approximate surface area is 304 Å².